The summed E-state index contributed by atoms with van der Waals surface area (Å²) < 4.78 is 3.04. The Morgan fingerprint density at radius 3 is 3.13 bits per heavy atom. The average Bonchev–Trinajstić information content (AvgIpc) is 2.41. The number of hydrogen-bond donors (Lipinski definition) is 1. The van der Waals surface area contributed by atoms with Gasteiger partial charge in [0.2, 0.25) is 0 Å². The van der Waals surface area contributed by atoms with Crippen molar-refractivity contribution < 1.29 is 9.90 Å². The van der Waals surface area contributed by atoms with E-state index in [2.05, 4.69) is 25.5 Å². The normalized spacial score (nSPS) is 20.0. The van der Waals surface area contributed by atoms with Gasteiger partial charge in [-0.05, 0) is 41.6 Å². The predicted molar refractivity (Wildman–Crippen MR) is 58.7 cm³/mol. The molecule has 1 aliphatic heterocycles. The van der Waals surface area contributed by atoms with Crippen molar-refractivity contribution in [1.82, 2.24) is 9.55 Å². The van der Waals surface area contributed by atoms with Gasteiger partial charge >= 0.3 is 5.97 Å². The smallest absolute Gasteiger partial charge is 0.303 e. The van der Waals surface area contributed by atoms with Gasteiger partial charge in [-0.3, -0.25) is 4.79 Å². The molecular weight excluding hydrogens is 260 g/mol. The van der Waals surface area contributed by atoms with Crippen LogP contribution in [0.1, 0.15) is 24.4 Å². The summed E-state index contributed by atoms with van der Waals surface area (Å²) in [4.78, 5) is 15.0. The van der Waals surface area contributed by atoms with E-state index < -0.39 is 5.97 Å². The predicted octanol–water partition coefficient (Wildman–Crippen LogP) is 1.99. The molecule has 5 heteroatoms. The van der Waals surface area contributed by atoms with Crippen molar-refractivity contribution >= 4 is 21.9 Å². The molecule has 1 aliphatic rings. The summed E-state index contributed by atoms with van der Waals surface area (Å²) in [5, 5.41) is 8.75. The zero-order chi connectivity index (χ0) is 11.0. The molecule has 2 heterocycles. The third kappa shape index (κ3) is 2.07. The van der Waals surface area contributed by atoms with Crippen molar-refractivity contribution in [2.45, 2.75) is 32.7 Å². The average molecular weight is 273 g/mol. The van der Waals surface area contributed by atoms with Crippen LogP contribution in [-0.2, 0) is 17.8 Å². The van der Waals surface area contributed by atoms with Gasteiger partial charge in [0.25, 0.3) is 0 Å². The summed E-state index contributed by atoms with van der Waals surface area (Å²) in [6.45, 7) is 2.74. The Morgan fingerprint density at radius 2 is 2.47 bits per heavy atom. The van der Waals surface area contributed by atoms with Gasteiger partial charge in [0, 0.05) is 13.0 Å². The number of imidazole rings is 1. The highest BCUT2D eigenvalue weighted by atomic mass is 79.9. The van der Waals surface area contributed by atoms with Crippen LogP contribution in [0, 0.1) is 12.8 Å². The molecule has 0 saturated heterocycles. The zero-order valence-corrected chi connectivity index (χ0v) is 10.1. The second-order valence-electron chi connectivity index (χ2n) is 4.01. The van der Waals surface area contributed by atoms with Crippen molar-refractivity contribution in [2.75, 3.05) is 0 Å². The van der Waals surface area contributed by atoms with E-state index in [1.165, 1.54) is 5.69 Å². The second-order valence-corrected chi connectivity index (χ2v) is 4.76. The Bertz CT molecular complexity index is 400. The number of aliphatic carboxylic acids is 1. The van der Waals surface area contributed by atoms with Gasteiger partial charge in [-0.25, -0.2) is 4.98 Å². The van der Waals surface area contributed by atoms with Crippen LogP contribution in [0.5, 0.6) is 0 Å². The summed E-state index contributed by atoms with van der Waals surface area (Å²) >= 11 is 3.43. The van der Waals surface area contributed by atoms with Gasteiger partial charge < -0.3 is 9.67 Å². The SMILES string of the molecule is Cc1nc(Br)c2n1CC(CC(=O)O)CC2. The van der Waals surface area contributed by atoms with Crippen LogP contribution < -0.4 is 0 Å². The highest BCUT2D eigenvalue weighted by Gasteiger charge is 2.24. The largest absolute Gasteiger partial charge is 0.481 e. The van der Waals surface area contributed by atoms with Gasteiger partial charge in [-0.1, -0.05) is 0 Å². The van der Waals surface area contributed by atoms with Crippen molar-refractivity contribution in [3.8, 4) is 0 Å². The highest BCUT2D eigenvalue weighted by Crippen LogP contribution is 2.28. The number of hydrogen-bond acceptors (Lipinski definition) is 2. The molecule has 0 aliphatic carbocycles. The Morgan fingerprint density at radius 1 is 1.73 bits per heavy atom. The first-order valence-electron chi connectivity index (χ1n) is 5.01. The fourth-order valence-corrected chi connectivity index (χ4v) is 2.83. The number of aryl methyl sites for hydroxylation is 1. The number of halogens is 1. The van der Waals surface area contributed by atoms with E-state index in [0.29, 0.717) is 0 Å². The molecule has 4 nitrogen and oxygen atoms in total. The van der Waals surface area contributed by atoms with Gasteiger partial charge in [0.05, 0.1) is 5.69 Å². The van der Waals surface area contributed by atoms with Crippen LogP contribution in [-0.4, -0.2) is 20.6 Å². The topological polar surface area (TPSA) is 55.1 Å². The number of carbonyl (C=O) groups is 1. The minimum Gasteiger partial charge on any atom is -0.481 e. The van der Waals surface area contributed by atoms with Crippen LogP contribution >= 0.6 is 15.9 Å². The second kappa shape index (κ2) is 3.96. The maximum Gasteiger partial charge on any atom is 0.303 e. The Labute approximate surface area is 96.4 Å². The summed E-state index contributed by atoms with van der Waals surface area (Å²) in [6, 6.07) is 0. The zero-order valence-electron chi connectivity index (χ0n) is 8.53. The van der Waals surface area contributed by atoms with Crippen molar-refractivity contribution in [1.29, 1.82) is 0 Å². The number of carboxylic acid groups (broad SMARTS) is 1. The first kappa shape index (κ1) is 10.7. The number of carboxylic acids is 1. The molecule has 0 fully saturated rings. The first-order chi connectivity index (χ1) is 7.08. The third-order valence-electron chi connectivity index (χ3n) is 2.91. The molecule has 0 saturated carbocycles. The molecule has 1 unspecified atom stereocenters. The minimum atomic E-state index is -0.708. The number of aromatic nitrogens is 2. The highest BCUT2D eigenvalue weighted by molar-refractivity contribution is 9.10. The molecule has 2 rings (SSSR count). The number of nitrogens with zero attached hydrogens (tertiary/aromatic N) is 2. The van der Waals surface area contributed by atoms with E-state index in [0.717, 1.165) is 29.8 Å². The number of rotatable bonds is 2. The fraction of sp³-hybridized carbons (Fsp3) is 0.600. The fourth-order valence-electron chi connectivity index (χ4n) is 2.16. The van der Waals surface area contributed by atoms with Crippen LogP contribution in [0.25, 0.3) is 0 Å². The molecular formula is C10H13BrN2O2. The van der Waals surface area contributed by atoms with E-state index in [1.54, 1.807) is 0 Å². The molecule has 1 aromatic rings. The molecule has 0 bridgehead atoms. The monoisotopic (exact) mass is 272 g/mol. The molecule has 82 valence electrons. The first-order valence-corrected chi connectivity index (χ1v) is 5.80. The van der Waals surface area contributed by atoms with Crippen LogP contribution in [0.15, 0.2) is 4.60 Å². The van der Waals surface area contributed by atoms with E-state index in [9.17, 15) is 4.79 Å². The molecule has 0 aromatic carbocycles. The lowest BCUT2D eigenvalue weighted by Crippen LogP contribution is -2.23. The summed E-state index contributed by atoms with van der Waals surface area (Å²) in [7, 11) is 0. The standard InChI is InChI=1S/C10H13BrN2O2/c1-6-12-10(11)8-3-2-7(4-9(14)15)5-13(6)8/h7H,2-5H2,1H3,(H,14,15). The molecule has 0 spiro atoms. The Hall–Kier alpha value is -0.840. The maximum absolute atomic E-state index is 10.6. The van der Waals surface area contributed by atoms with Gasteiger partial charge in [-0.15, -0.1) is 0 Å². The van der Waals surface area contributed by atoms with Crippen LogP contribution in [0.2, 0.25) is 0 Å². The molecule has 0 radical (unpaired) electrons. The molecule has 1 N–H and O–H groups in total. The lowest BCUT2D eigenvalue weighted by Gasteiger charge is -2.23. The van der Waals surface area contributed by atoms with Crippen molar-refractivity contribution in [3.05, 3.63) is 16.1 Å². The molecule has 1 atom stereocenters. The lowest BCUT2D eigenvalue weighted by atomic mass is 9.95. The maximum atomic E-state index is 10.6. The van der Waals surface area contributed by atoms with Crippen molar-refractivity contribution in [3.63, 3.8) is 0 Å². The van der Waals surface area contributed by atoms with E-state index in [4.69, 9.17) is 5.11 Å². The quantitative estimate of drug-likeness (QED) is 0.896. The third-order valence-corrected chi connectivity index (χ3v) is 3.54. The van der Waals surface area contributed by atoms with E-state index in [1.807, 2.05) is 6.92 Å². The van der Waals surface area contributed by atoms with Gasteiger partial charge in [0.1, 0.15) is 10.4 Å². The van der Waals surface area contributed by atoms with Gasteiger partial charge in [0.15, 0.2) is 0 Å². The van der Waals surface area contributed by atoms with Crippen LogP contribution in [0.3, 0.4) is 0 Å². The van der Waals surface area contributed by atoms with Gasteiger partial charge in [-0.2, -0.15) is 0 Å². The van der Waals surface area contributed by atoms with E-state index >= 15 is 0 Å². The van der Waals surface area contributed by atoms with Crippen molar-refractivity contribution in [2.24, 2.45) is 5.92 Å². The molecule has 1 aromatic heterocycles. The number of fused-ring (bicyclic) bond motifs is 1. The summed E-state index contributed by atoms with van der Waals surface area (Å²) in [5.41, 5.74) is 1.20. The molecule has 0 amide bonds. The van der Waals surface area contributed by atoms with E-state index in [-0.39, 0.29) is 12.3 Å². The Kier molecular flexibility index (Phi) is 2.82. The Balaban J connectivity index is 2.19. The van der Waals surface area contributed by atoms with Crippen LogP contribution in [0.4, 0.5) is 0 Å². The summed E-state index contributed by atoms with van der Waals surface area (Å²) in [5.74, 6) is 0.502. The summed E-state index contributed by atoms with van der Waals surface area (Å²) in [6.07, 6.45) is 2.12. The molecule has 15 heavy (non-hydrogen) atoms. The lowest BCUT2D eigenvalue weighted by molar-refractivity contribution is -0.138. The minimum absolute atomic E-state index is 0.245.